The SMILES string of the molecule is CC.CC(C)(C)C(CN1CCc2ccccc2C1=O)NC(=O)NCC=O.CCCCCCCC(C)C(NC=O)OO.C[C@@H]1CCCN1C. The third-order valence-corrected chi connectivity index (χ3v) is 8.80. The van der Waals surface area contributed by atoms with E-state index in [1.165, 1.54) is 45.1 Å². The van der Waals surface area contributed by atoms with Crippen LogP contribution in [-0.2, 0) is 20.9 Å². The van der Waals surface area contributed by atoms with Gasteiger partial charge in [-0.1, -0.05) is 98.8 Å². The first-order valence-electron chi connectivity index (χ1n) is 17.9. The van der Waals surface area contributed by atoms with Gasteiger partial charge in [0.2, 0.25) is 6.41 Å². The zero-order chi connectivity index (χ0) is 36.5. The fourth-order valence-corrected chi connectivity index (χ4v) is 5.41. The Balaban J connectivity index is 0.000000779. The van der Waals surface area contributed by atoms with E-state index in [1.54, 1.807) is 4.90 Å². The van der Waals surface area contributed by atoms with E-state index in [4.69, 9.17) is 5.26 Å². The molecule has 11 nitrogen and oxygen atoms in total. The van der Waals surface area contributed by atoms with Gasteiger partial charge in [-0.3, -0.25) is 9.59 Å². The van der Waals surface area contributed by atoms with Crippen LogP contribution in [0.5, 0.6) is 0 Å². The lowest BCUT2D eigenvalue weighted by Gasteiger charge is -2.37. The fourth-order valence-electron chi connectivity index (χ4n) is 5.41. The van der Waals surface area contributed by atoms with Crippen molar-refractivity contribution < 1.29 is 29.3 Å². The molecular weight excluding hydrogens is 610 g/mol. The number of fused-ring (bicyclic) bond motifs is 1. The summed E-state index contributed by atoms with van der Waals surface area (Å²) in [7, 11) is 2.19. The van der Waals surface area contributed by atoms with E-state index in [1.807, 2.05) is 65.8 Å². The number of amides is 4. The maximum Gasteiger partial charge on any atom is 0.315 e. The topological polar surface area (TPSA) is 140 Å². The van der Waals surface area contributed by atoms with E-state index >= 15 is 0 Å². The third kappa shape index (κ3) is 17.9. The number of unbranched alkanes of at least 4 members (excludes halogenated alkanes) is 4. The number of nitrogens with one attached hydrogen (secondary N) is 3. The molecule has 0 saturated carbocycles. The Kier molecular flexibility index (Phi) is 24.3. The molecule has 4 amide bonds. The Hall–Kier alpha value is -3.02. The number of hydrogen-bond acceptors (Lipinski definition) is 7. The molecule has 0 radical (unpaired) electrons. The van der Waals surface area contributed by atoms with Crippen LogP contribution in [0.2, 0.25) is 0 Å². The van der Waals surface area contributed by atoms with Crippen molar-refractivity contribution >= 4 is 24.6 Å². The van der Waals surface area contributed by atoms with Gasteiger partial charge in [0.15, 0.2) is 6.23 Å². The highest BCUT2D eigenvalue weighted by Crippen LogP contribution is 2.24. The number of rotatable bonds is 15. The highest BCUT2D eigenvalue weighted by Gasteiger charge is 2.32. The summed E-state index contributed by atoms with van der Waals surface area (Å²) in [6.07, 6.45) is 11.3. The molecule has 4 atom stereocenters. The van der Waals surface area contributed by atoms with Gasteiger partial charge in [0.25, 0.3) is 5.91 Å². The van der Waals surface area contributed by atoms with Gasteiger partial charge in [-0.05, 0) is 63.2 Å². The normalized spacial score (nSPS) is 17.4. The highest BCUT2D eigenvalue weighted by atomic mass is 17.1. The van der Waals surface area contributed by atoms with Crippen LogP contribution < -0.4 is 16.0 Å². The maximum absolute atomic E-state index is 12.7. The molecule has 1 fully saturated rings. The number of likely N-dealkylation sites (tertiary alicyclic amines) is 1. The minimum absolute atomic E-state index is 0.00111. The molecule has 3 rings (SSSR count). The van der Waals surface area contributed by atoms with Crippen molar-refractivity contribution in [1.29, 1.82) is 0 Å². The minimum Gasteiger partial charge on any atom is -0.336 e. The van der Waals surface area contributed by atoms with Crippen LogP contribution in [0, 0.1) is 11.3 Å². The van der Waals surface area contributed by atoms with Crippen molar-refractivity contribution in [2.75, 3.05) is 33.2 Å². The van der Waals surface area contributed by atoms with Crippen molar-refractivity contribution in [2.45, 2.75) is 131 Å². The second-order valence-electron chi connectivity index (χ2n) is 13.6. The largest absolute Gasteiger partial charge is 0.336 e. The van der Waals surface area contributed by atoms with Crippen molar-refractivity contribution in [3.63, 3.8) is 0 Å². The summed E-state index contributed by atoms with van der Waals surface area (Å²) < 4.78 is 0. The average Bonchev–Trinajstić information content (AvgIpc) is 3.45. The molecule has 0 aromatic heterocycles. The van der Waals surface area contributed by atoms with Crippen LogP contribution in [0.15, 0.2) is 24.3 Å². The van der Waals surface area contributed by atoms with Gasteiger partial charge in [-0.2, -0.15) is 0 Å². The fraction of sp³-hybridized carbons (Fsp3) is 0.730. The summed E-state index contributed by atoms with van der Waals surface area (Å²) in [4.78, 5) is 53.5. The van der Waals surface area contributed by atoms with Crippen LogP contribution in [0.25, 0.3) is 0 Å². The molecule has 0 aliphatic carbocycles. The van der Waals surface area contributed by atoms with Crippen molar-refractivity contribution in [2.24, 2.45) is 11.3 Å². The van der Waals surface area contributed by atoms with Gasteiger partial charge in [-0.15, -0.1) is 0 Å². The van der Waals surface area contributed by atoms with Gasteiger partial charge in [0.1, 0.15) is 6.29 Å². The molecule has 48 heavy (non-hydrogen) atoms. The summed E-state index contributed by atoms with van der Waals surface area (Å²) in [6.45, 7) is 18.8. The van der Waals surface area contributed by atoms with Crippen molar-refractivity contribution in [3.05, 3.63) is 35.4 Å². The first-order chi connectivity index (χ1) is 22.9. The highest BCUT2D eigenvalue weighted by molar-refractivity contribution is 5.96. The molecular formula is C37H67N5O6. The zero-order valence-corrected chi connectivity index (χ0v) is 31.3. The van der Waals surface area contributed by atoms with E-state index in [0.717, 1.165) is 36.4 Å². The number of nitrogens with zero attached hydrogens (tertiary/aromatic N) is 2. The zero-order valence-electron chi connectivity index (χ0n) is 31.3. The number of aldehydes is 1. The van der Waals surface area contributed by atoms with Gasteiger partial charge in [-0.25, -0.2) is 14.9 Å². The second-order valence-corrected chi connectivity index (χ2v) is 13.6. The van der Waals surface area contributed by atoms with Crippen molar-refractivity contribution in [3.8, 4) is 0 Å². The van der Waals surface area contributed by atoms with Crippen LogP contribution in [-0.4, -0.2) is 91.2 Å². The van der Waals surface area contributed by atoms with E-state index in [9.17, 15) is 19.2 Å². The van der Waals surface area contributed by atoms with Gasteiger partial charge >= 0.3 is 6.03 Å². The molecule has 1 aromatic carbocycles. The molecule has 11 heteroatoms. The van der Waals surface area contributed by atoms with Crippen LogP contribution in [0.4, 0.5) is 4.79 Å². The lowest BCUT2D eigenvalue weighted by Crippen LogP contribution is -2.55. The Labute approximate surface area is 290 Å². The van der Waals surface area contributed by atoms with E-state index in [0.29, 0.717) is 25.8 Å². The third-order valence-electron chi connectivity index (χ3n) is 8.80. The standard InChI is InChI=1S/C18H25N3O3.C11H23NO3.C6H13N.C2H6/c1-18(2,3)15(20-17(24)19-9-11-22)12-21-10-8-13-6-4-5-7-14(13)16(21)23;1-3-4-5-6-7-8-10(2)11(15-14)12-9-13;1-6-4-3-5-7(6)2;1-2/h4-7,11,15H,8-10,12H2,1-3H3,(H2,19,20,24);9-11,14H,3-8H2,1-2H3,(H,12,13);6H,3-5H2,1-2H3;1-2H3/t;;6-;/m..1./s1. The molecule has 2 heterocycles. The summed E-state index contributed by atoms with van der Waals surface area (Å²) in [6, 6.07) is 7.87. The lowest BCUT2D eigenvalue weighted by atomic mass is 9.85. The first kappa shape index (κ1) is 45.0. The number of benzene rings is 1. The minimum atomic E-state index is -0.575. The predicted octanol–water partition coefficient (Wildman–Crippen LogP) is 6.27. The van der Waals surface area contributed by atoms with E-state index in [2.05, 4.69) is 46.6 Å². The smallest absolute Gasteiger partial charge is 0.315 e. The Morgan fingerprint density at radius 1 is 1.10 bits per heavy atom. The number of carbonyl (C=O) groups is 4. The summed E-state index contributed by atoms with van der Waals surface area (Å²) >= 11 is 0. The number of urea groups is 1. The van der Waals surface area contributed by atoms with E-state index in [-0.39, 0.29) is 29.8 Å². The summed E-state index contributed by atoms with van der Waals surface area (Å²) in [5.41, 5.74) is 1.58. The predicted molar refractivity (Wildman–Crippen MR) is 194 cm³/mol. The molecule has 4 N–H and O–H groups in total. The van der Waals surface area contributed by atoms with Crippen LogP contribution in [0.3, 0.4) is 0 Å². The molecule has 0 bridgehead atoms. The first-order valence-corrected chi connectivity index (χ1v) is 17.9. The molecule has 2 aliphatic heterocycles. The van der Waals surface area contributed by atoms with Crippen molar-refractivity contribution in [1.82, 2.24) is 25.8 Å². The number of carbonyl (C=O) groups excluding carboxylic acids is 4. The lowest BCUT2D eigenvalue weighted by molar-refractivity contribution is -0.294. The molecule has 1 saturated heterocycles. The molecule has 3 unspecified atom stereocenters. The monoisotopic (exact) mass is 678 g/mol. The van der Waals surface area contributed by atoms with Gasteiger partial charge in [0, 0.05) is 30.6 Å². The average molecular weight is 678 g/mol. The molecule has 0 spiro atoms. The molecule has 276 valence electrons. The quantitative estimate of drug-likeness (QED) is 0.0564. The maximum atomic E-state index is 12.7. The van der Waals surface area contributed by atoms with Crippen LogP contribution in [0.1, 0.15) is 123 Å². The summed E-state index contributed by atoms with van der Waals surface area (Å²) in [5.74, 6) is 0.142. The second kappa shape index (κ2) is 25.9. The Morgan fingerprint density at radius 2 is 1.77 bits per heavy atom. The Bertz CT molecular complexity index is 1030. The van der Waals surface area contributed by atoms with Gasteiger partial charge in [0.05, 0.1) is 12.6 Å². The van der Waals surface area contributed by atoms with E-state index < -0.39 is 12.3 Å². The van der Waals surface area contributed by atoms with Gasteiger partial charge < -0.3 is 30.5 Å². The number of hydrogen-bond donors (Lipinski definition) is 4. The molecule has 2 aliphatic rings. The summed E-state index contributed by atoms with van der Waals surface area (Å²) in [5, 5.41) is 16.3. The Morgan fingerprint density at radius 3 is 2.29 bits per heavy atom. The van der Waals surface area contributed by atoms with Crippen LogP contribution >= 0.6 is 0 Å². The molecule has 1 aromatic rings.